The van der Waals surface area contributed by atoms with Crippen LogP contribution in [0.4, 0.5) is 4.39 Å². The fourth-order valence-electron chi connectivity index (χ4n) is 1.73. The van der Waals surface area contributed by atoms with Crippen molar-refractivity contribution in [3.05, 3.63) is 70.5 Å². The van der Waals surface area contributed by atoms with Crippen LogP contribution in [0.2, 0.25) is 5.02 Å². The van der Waals surface area contributed by atoms with Gasteiger partial charge in [-0.25, -0.2) is 4.39 Å². The Morgan fingerprint density at radius 3 is 2.38 bits per heavy atom. The van der Waals surface area contributed by atoms with E-state index in [1.54, 1.807) is 30.3 Å². The van der Waals surface area contributed by atoms with Crippen molar-refractivity contribution in [2.75, 3.05) is 6.61 Å². The van der Waals surface area contributed by atoms with E-state index in [1.165, 1.54) is 18.2 Å². The van der Waals surface area contributed by atoms with Crippen molar-refractivity contribution in [2.24, 2.45) is 0 Å². The van der Waals surface area contributed by atoms with Crippen molar-refractivity contribution < 1.29 is 18.7 Å². The van der Waals surface area contributed by atoms with Crippen molar-refractivity contribution in [3.63, 3.8) is 0 Å². The van der Waals surface area contributed by atoms with E-state index in [9.17, 15) is 14.0 Å². The van der Waals surface area contributed by atoms with Gasteiger partial charge >= 0.3 is 5.97 Å². The number of hydrogen-bond donors (Lipinski definition) is 0. The number of rotatable bonds is 5. The minimum atomic E-state index is -0.628. The van der Waals surface area contributed by atoms with Crippen LogP contribution in [-0.4, -0.2) is 18.4 Å². The molecule has 0 amide bonds. The average molecular weight is 307 g/mol. The van der Waals surface area contributed by atoms with Gasteiger partial charge < -0.3 is 4.74 Å². The largest absolute Gasteiger partial charge is 0.457 e. The summed E-state index contributed by atoms with van der Waals surface area (Å²) < 4.78 is 18.2. The second-order valence-corrected chi connectivity index (χ2v) is 4.80. The topological polar surface area (TPSA) is 43.4 Å². The van der Waals surface area contributed by atoms with Gasteiger partial charge in [0.1, 0.15) is 5.82 Å². The average Bonchev–Trinajstić information content (AvgIpc) is 2.48. The van der Waals surface area contributed by atoms with Gasteiger partial charge in [-0.05, 0) is 29.8 Å². The summed E-state index contributed by atoms with van der Waals surface area (Å²) in [5, 5.41) is 0.571. The molecule has 2 aromatic rings. The molecule has 108 valence electrons. The molecule has 0 saturated heterocycles. The molecule has 5 heteroatoms. The van der Waals surface area contributed by atoms with Gasteiger partial charge in [0.25, 0.3) is 0 Å². The Balaban J connectivity index is 1.88. The predicted octanol–water partition coefficient (Wildman–Crippen LogP) is 3.45. The second kappa shape index (κ2) is 6.99. The molecule has 0 spiro atoms. The van der Waals surface area contributed by atoms with Gasteiger partial charge in [0.15, 0.2) is 6.61 Å². The summed E-state index contributed by atoms with van der Waals surface area (Å²) >= 11 is 5.74. The Morgan fingerprint density at radius 2 is 1.71 bits per heavy atom. The number of Topliss-reactive ketones (excluding diaryl/α,β-unsaturated/α-hetero) is 1. The second-order valence-electron chi connectivity index (χ2n) is 4.37. The monoisotopic (exact) mass is 306 g/mol. The molecule has 0 radical (unpaired) electrons. The zero-order valence-corrected chi connectivity index (χ0v) is 11.8. The standard InChI is InChI=1S/C16H12ClFO3/c17-12-7-5-11(6-8-12)9-16(20)21-10-15(19)13-3-1-2-4-14(13)18/h1-8H,9-10H2. The maximum Gasteiger partial charge on any atom is 0.310 e. The first-order valence-electron chi connectivity index (χ1n) is 6.24. The molecule has 0 fully saturated rings. The third-order valence-electron chi connectivity index (χ3n) is 2.80. The van der Waals surface area contributed by atoms with Crippen molar-refractivity contribution in [3.8, 4) is 0 Å². The first-order valence-corrected chi connectivity index (χ1v) is 6.62. The molecule has 0 unspecified atom stereocenters. The van der Waals surface area contributed by atoms with Crippen LogP contribution in [0.5, 0.6) is 0 Å². The van der Waals surface area contributed by atoms with Crippen molar-refractivity contribution >= 4 is 23.4 Å². The summed E-state index contributed by atoms with van der Waals surface area (Å²) in [6.07, 6.45) is 0.0295. The van der Waals surface area contributed by atoms with Crippen molar-refractivity contribution in [1.82, 2.24) is 0 Å². The molecule has 0 aliphatic heterocycles. The van der Waals surface area contributed by atoms with E-state index in [4.69, 9.17) is 16.3 Å². The Labute approximate surface area is 126 Å². The molecule has 2 aromatic carbocycles. The summed E-state index contributed by atoms with van der Waals surface area (Å²) in [6, 6.07) is 12.3. The molecule has 0 aliphatic carbocycles. The van der Waals surface area contributed by atoms with Crippen LogP contribution in [0.3, 0.4) is 0 Å². The van der Waals surface area contributed by atoms with E-state index < -0.39 is 24.2 Å². The Morgan fingerprint density at radius 1 is 1.05 bits per heavy atom. The highest BCUT2D eigenvalue weighted by Gasteiger charge is 2.13. The lowest BCUT2D eigenvalue weighted by Crippen LogP contribution is -2.16. The first kappa shape index (κ1) is 15.2. The van der Waals surface area contributed by atoms with Gasteiger partial charge in [-0.2, -0.15) is 0 Å². The summed E-state index contributed by atoms with van der Waals surface area (Å²) in [6.45, 7) is -0.479. The minimum Gasteiger partial charge on any atom is -0.457 e. The van der Waals surface area contributed by atoms with Gasteiger partial charge in [0.2, 0.25) is 5.78 Å². The highest BCUT2D eigenvalue weighted by molar-refractivity contribution is 6.30. The number of benzene rings is 2. The van der Waals surface area contributed by atoms with Crippen LogP contribution in [0.15, 0.2) is 48.5 Å². The van der Waals surface area contributed by atoms with Crippen LogP contribution < -0.4 is 0 Å². The van der Waals surface area contributed by atoms with E-state index in [1.807, 2.05) is 0 Å². The van der Waals surface area contributed by atoms with Crippen LogP contribution in [0, 0.1) is 5.82 Å². The third kappa shape index (κ3) is 4.39. The van der Waals surface area contributed by atoms with Gasteiger partial charge in [-0.15, -0.1) is 0 Å². The zero-order chi connectivity index (χ0) is 15.2. The molecule has 0 aromatic heterocycles. The lowest BCUT2D eigenvalue weighted by atomic mass is 10.1. The number of carbonyl (C=O) groups excluding carboxylic acids is 2. The Bertz CT molecular complexity index is 653. The van der Waals surface area contributed by atoms with E-state index in [0.29, 0.717) is 5.02 Å². The summed E-state index contributed by atoms with van der Waals surface area (Å²) in [5.74, 6) is -1.75. The maximum absolute atomic E-state index is 13.4. The van der Waals surface area contributed by atoms with Gasteiger partial charge in [-0.1, -0.05) is 35.9 Å². The zero-order valence-electron chi connectivity index (χ0n) is 11.0. The molecular formula is C16H12ClFO3. The van der Waals surface area contributed by atoms with Gasteiger partial charge in [-0.3, -0.25) is 9.59 Å². The third-order valence-corrected chi connectivity index (χ3v) is 3.05. The predicted molar refractivity (Wildman–Crippen MR) is 76.8 cm³/mol. The van der Waals surface area contributed by atoms with E-state index in [2.05, 4.69) is 0 Å². The summed E-state index contributed by atoms with van der Waals surface area (Å²) in [4.78, 5) is 23.3. The number of carbonyl (C=O) groups is 2. The SMILES string of the molecule is O=C(Cc1ccc(Cl)cc1)OCC(=O)c1ccccc1F. The molecule has 0 N–H and O–H groups in total. The number of ketones is 1. The molecule has 0 saturated carbocycles. The number of halogens is 2. The van der Waals surface area contributed by atoms with Crippen LogP contribution in [0.1, 0.15) is 15.9 Å². The number of esters is 1. The molecular weight excluding hydrogens is 295 g/mol. The van der Waals surface area contributed by atoms with E-state index in [-0.39, 0.29) is 12.0 Å². The van der Waals surface area contributed by atoms with E-state index in [0.717, 1.165) is 5.56 Å². The van der Waals surface area contributed by atoms with Gasteiger partial charge in [0, 0.05) is 5.02 Å². The Hall–Kier alpha value is -2.20. The normalized spacial score (nSPS) is 10.2. The van der Waals surface area contributed by atoms with Gasteiger partial charge in [0.05, 0.1) is 12.0 Å². The fraction of sp³-hybridized carbons (Fsp3) is 0.125. The fourth-order valence-corrected chi connectivity index (χ4v) is 1.86. The molecule has 0 heterocycles. The Kier molecular flexibility index (Phi) is 5.06. The highest BCUT2D eigenvalue weighted by atomic mass is 35.5. The molecule has 21 heavy (non-hydrogen) atoms. The number of ether oxygens (including phenoxy) is 1. The first-order chi connectivity index (χ1) is 10.1. The van der Waals surface area contributed by atoms with Crippen LogP contribution in [-0.2, 0) is 16.0 Å². The smallest absolute Gasteiger partial charge is 0.310 e. The molecule has 0 bridgehead atoms. The lowest BCUT2D eigenvalue weighted by Gasteiger charge is -2.05. The lowest BCUT2D eigenvalue weighted by molar-refractivity contribution is -0.141. The van der Waals surface area contributed by atoms with Crippen LogP contribution in [0.25, 0.3) is 0 Å². The van der Waals surface area contributed by atoms with Crippen LogP contribution >= 0.6 is 11.6 Å². The summed E-state index contributed by atoms with van der Waals surface area (Å²) in [5.41, 5.74) is 0.638. The minimum absolute atomic E-state index is 0.0295. The molecule has 0 aliphatic rings. The van der Waals surface area contributed by atoms with E-state index >= 15 is 0 Å². The molecule has 2 rings (SSSR count). The van der Waals surface area contributed by atoms with Crippen molar-refractivity contribution in [2.45, 2.75) is 6.42 Å². The molecule has 0 atom stereocenters. The maximum atomic E-state index is 13.4. The quantitative estimate of drug-likeness (QED) is 0.628. The number of hydrogen-bond acceptors (Lipinski definition) is 3. The molecule has 3 nitrogen and oxygen atoms in total. The highest BCUT2D eigenvalue weighted by Crippen LogP contribution is 2.11. The van der Waals surface area contributed by atoms with Crippen molar-refractivity contribution in [1.29, 1.82) is 0 Å². The summed E-state index contributed by atoms with van der Waals surface area (Å²) in [7, 11) is 0.